The Morgan fingerprint density at radius 1 is 1.40 bits per heavy atom. The van der Waals surface area contributed by atoms with Crippen LogP contribution in [0.3, 0.4) is 0 Å². The van der Waals surface area contributed by atoms with Gasteiger partial charge in [-0.05, 0) is 31.9 Å². The van der Waals surface area contributed by atoms with Crippen molar-refractivity contribution in [3.8, 4) is 5.75 Å². The maximum Gasteiger partial charge on any atom is 0.339 e. The Balaban J connectivity index is 2.10. The summed E-state index contributed by atoms with van der Waals surface area (Å²) in [6.45, 7) is 1.93. The van der Waals surface area contributed by atoms with Crippen molar-refractivity contribution in [3.05, 3.63) is 23.8 Å². The van der Waals surface area contributed by atoms with Crippen LogP contribution < -0.4 is 10.1 Å². The molecule has 6 heteroatoms. The number of hydrogen-bond donors (Lipinski definition) is 2. The number of rotatable bonds is 4. The molecule has 0 radical (unpaired) electrons. The van der Waals surface area contributed by atoms with E-state index < -0.39 is 12.1 Å². The molecule has 0 spiro atoms. The summed E-state index contributed by atoms with van der Waals surface area (Å²) in [7, 11) is 1.38. The minimum Gasteiger partial charge on any atom is -0.496 e. The molecule has 6 nitrogen and oxygen atoms in total. The first-order chi connectivity index (χ1) is 9.51. The molecular formula is C14H17NO5. The normalized spacial score (nSPS) is 21.5. The smallest absolute Gasteiger partial charge is 0.339 e. The van der Waals surface area contributed by atoms with Crippen LogP contribution in [0.4, 0.5) is 5.69 Å². The lowest BCUT2D eigenvalue weighted by Crippen LogP contribution is -2.27. The first-order valence-electron chi connectivity index (χ1n) is 6.39. The molecule has 1 aromatic carbocycles. The molecule has 1 saturated heterocycles. The molecule has 1 heterocycles. The molecular weight excluding hydrogens is 262 g/mol. The Hall–Kier alpha value is -2.08. The van der Waals surface area contributed by atoms with Crippen molar-refractivity contribution in [1.29, 1.82) is 0 Å². The third-order valence-corrected chi connectivity index (χ3v) is 3.22. The quantitative estimate of drug-likeness (QED) is 0.879. The van der Waals surface area contributed by atoms with Crippen molar-refractivity contribution in [2.24, 2.45) is 0 Å². The molecule has 0 aromatic heterocycles. The second-order valence-electron chi connectivity index (χ2n) is 4.72. The summed E-state index contributed by atoms with van der Waals surface area (Å²) in [5, 5.41) is 11.7. The van der Waals surface area contributed by atoms with Crippen LogP contribution >= 0.6 is 0 Å². The van der Waals surface area contributed by atoms with Crippen molar-refractivity contribution >= 4 is 17.6 Å². The van der Waals surface area contributed by atoms with Crippen molar-refractivity contribution < 1.29 is 24.2 Å². The van der Waals surface area contributed by atoms with Gasteiger partial charge in [0.1, 0.15) is 17.4 Å². The molecule has 2 rings (SSSR count). The maximum atomic E-state index is 12.0. The lowest BCUT2D eigenvalue weighted by atomic mass is 10.1. The highest BCUT2D eigenvalue weighted by Crippen LogP contribution is 2.25. The number of carboxylic acid groups (broad SMARTS) is 1. The summed E-state index contributed by atoms with van der Waals surface area (Å²) >= 11 is 0. The van der Waals surface area contributed by atoms with E-state index in [-0.39, 0.29) is 23.3 Å². The van der Waals surface area contributed by atoms with E-state index in [1.807, 2.05) is 6.92 Å². The van der Waals surface area contributed by atoms with Crippen LogP contribution in [0.25, 0.3) is 0 Å². The van der Waals surface area contributed by atoms with Gasteiger partial charge >= 0.3 is 5.97 Å². The molecule has 2 atom stereocenters. The Morgan fingerprint density at radius 3 is 2.70 bits per heavy atom. The Kier molecular flexibility index (Phi) is 4.24. The number of benzene rings is 1. The Morgan fingerprint density at radius 2 is 2.15 bits per heavy atom. The van der Waals surface area contributed by atoms with Crippen molar-refractivity contribution in [3.63, 3.8) is 0 Å². The topological polar surface area (TPSA) is 84.9 Å². The van der Waals surface area contributed by atoms with Gasteiger partial charge in [-0.25, -0.2) is 4.79 Å². The van der Waals surface area contributed by atoms with Gasteiger partial charge in [-0.3, -0.25) is 4.79 Å². The van der Waals surface area contributed by atoms with Crippen LogP contribution in [-0.2, 0) is 9.53 Å². The van der Waals surface area contributed by atoms with Gasteiger partial charge in [-0.1, -0.05) is 0 Å². The molecule has 1 fully saturated rings. The molecule has 2 unspecified atom stereocenters. The van der Waals surface area contributed by atoms with Crippen LogP contribution in [0.15, 0.2) is 18.2 Å². The first kappa shape index (κ1) is 14.3. The summed E-state index contributed by atoms with van der Waals surface area (Å²) in [5.74, 6) is -1.09. The highest BCUT2D eigenvalue weighted by atomic mass is 16.5. The zero-order chi connectivity index (χ0) is 14.7. The predicted octanol–water partition coefficient (Wildman–Crippen LogP) is 1.90. The molecule has 0 saturated carbocycles. The van der Waals surface area contributed by atoms with Gasteiger partial charge in [0.25, 0.3) is 5.91 Å². The number of carbonyl (C=O) groups is 2. The number of nitrogens with one attached hydrogen (secondary N) is 1. The second-order valence-corrected chi connectivity index (χ2v) is 4.72. The van der Waals surface area contributed by atoms with Gasteiger partial charge in [0.05, 0.1) is 13.2 Å². The molecule has 20 heavy (non-hydrogen) atoms. The molecule has 1 aromatic rings. The number of ether oxygens (including phenoxy) is 2. The van der Waals surface area contributed by atoms with Gasteiger partial charge in [-0.15, -0.1) is 0 Å². The lowest BCUT2D eigenvalue weighted by Gasteiger charge is -2.13. The molecule has 0 aliphatic carbocycles. The number of aromatic carboxylic acids is 1. The third kappa shape index (κ3) is 3.08. The fourth-order valence-corrected chi connectivity index (χ4v) is 2.16. The zero-order valence-corrected chi connectivity index (χ0v) is 11.4. The van der Waals surface area contributed by atoms with E-state index in [4.69, 9.17) is 14.6 Å². The van der Waals surface area contributed by atoms with E-state index in [9.17, 15) is 9.59 Å². The largest absolute Gasteiger partial charge is 0.496 e. The number of amides is 1. The SMILES string of the molecule is COc1cc(NC(=O)C2CCC(C)O2)ccc1C(=O)O. The summed E-state index contributed by atoms with van der Waals surface area (Å²) in [4.78, 5) is 23.0. The zero-order valence-electron chi connectivity index (χ0n) is 11.4. The van der Waals surface area contributed by atoms with E-state index in [2.05, 4.69) is 5.32 Å². The van der Waals surface area contributed by atoms with E-state index >= 15 is 0 Å². The molecule has 108 valence electrons. The third-order valence-electron chi connectivity index (χ3n) is 3.22. The van der Waals surface area contributed by atoms with E-state index in [1.54, 1.807) is 0 Å². The van der Waals surface area contributed by atoms with Gasteiger partial charge in [0.2, 0.25) is 0 Å². The van der Waals surface area contributed by atoms with Crippen LogP contribution in [-0.4, -0.2) is 36.3 Å². The molecule has 1 aliphatic heterocycles. The first-order valence-corrected chi connectivity index (χ1v) is 6.39. The van der Waals surface area contributed by atoms with E-state index in [1.165, 1.54) is 25.3 Å². The highest BCUT2D eigenvalue weighted by Gasteiger charge is 2.28. The van der Waals surface area contributed by atoms with Crippen LogP contribution in [0, 0.1) is 0 Å². The molecule has 1 amide bonds. The minimum absolute atomic E-state index is 0.0521. The average molecular weight is 279 g/mol. The number of carbonyl (C=O) groups excluding carboxylic acids is 1. The summed E-state index contributed by atoms with van der Waals surface area (Å²) in [5.41, 5.74) is 0.538. The van der Waals surface area contributed by atoms with Crippen molar-refractivity contribution in [2.75, 3.05) is 12.4 Å². The van der Waals surface area contributed by atoms with Gasteiger partial charge in [0.15, 0.2) is 0 Å². The van der Waals surface area contributed by atoms with E-state index in [0.29, 0.717) is 12.1 Å². The van der Waals surface area contributed by atoms with Crippen LogP contribution in [0.2, 0.25) is 0 Å². The van der Waals surface area contributed by atoms with Crippen molar-refractivity contribution in [1.82, 2.24) is 0 Å². The fourth-order valence-electron chi connectivity index (χ4n) is 2.16. The van der Waals surface area contributed by atoms with Crippen LogP contribution in [0.1, 0.15) is 30.1 Å². The number of anilines is 1. The average Bonchev–Trinajstić information content (AvgIpc) is 2.85. The molecule has 1 aliphatic rings. The predicted molar refractivity (Wildman–Crippen MR) is 72.2 cm³/mol. The van der Waals surface area contributed by atoms with E-state index in [0.717, 1.165) is 6.42 Å². The lowest BCUT2D eigenvalue weighted by molar-refractivity contribution is -0.126. The highest BCUT2D eigenvalue weighted by molar-refractivity contribution is 5.96. The molecule has 2 N–H and O–H groups in total. The van der Waals surface area contributed by atoms with Gasteiger partial charge in [0, 0.05) is 11.8 Å². The van der Waals surface area contributed by atoms with Gasteiger partial charge < -0.3 is 19.9 Å². The van der Waals surface area contributed by atoms with Gasteiger partial charge in [-0.2, -0.15) is 0 Å². The standard InChI is InChI=1S/C14H17NO5/c1-8-3-6-11(20-8)13(16)15-9-4-5-10(14(17)18)12(7-9)19-2/h4-5,7-8,11H,3,6H2,1-2H3,(H,15,16)(H,17,18). The summed E-state index contributed by atoms with van der Waals surface area (Å²) in [6.07, 6.45) is 1.20. The number of hydrogen-bond acceptors (Lipinski definition) is 4. The Labute approximate surface area is 116 Å². The molecule has 0 bridgehead atoms. The number of carboxylic acids is 1. The van der Waals surface area contributed by atoms with Crippen LogP contribution in [0.5, 0.6) is 5.75 Å². The summed E-state index contributed by atoms with van der Waals surface area (Å²) in [6, 6.07) is 4.41. The van der Waals surface area contributed by atoms with Crippen molar-refractivity contribution in [2.45, 2.75) is 32.0 Å². The summed E-state index contributed by atoms with van der Waals surface area (Å²) < 4.78 is 10.5. The minimum atomic E-state index is -1.08. The Bertz CT molecular complexity index is 528. The second kappa shape index (κ2) is 5.92. The maximum absolute atomic E-state index is 12.0. The monoisotopic (exact) mass is 279 g/mol. The fraction of sp³-hybridized carbons (Fsp3) is 0.429. The number of methoxy groups -OCH3 is 1.